The van der Waals surface area contributed by atoms with E-state index in [9.17, 15) is 14.9 Å². The van der Waals surface area contributed by atoms with Gasteiger partial charge >= 0.3 is 0 Å². The molecule has 3 aromatic carbocycles. The zero-order valence-corrected chi connectivity index (χ0v) is 17.0. The lowest BCUT2D eigenvalue weighted by Gasteiger charge is -2.08. The van der Waals surface area contributed by atoms with E-state index in [0.29, 0.717) is 16.9 Å². The normalized spacial score (nSPS) is 10.8. The first-order chi connectivity index (χ1) is 15.0. The molecule has 154 valence electrons. The summed E-state index contributed by atoms with van der Waals surface area (Å²) in [4.78, 5) is 22.3. The zero-order chi connectivity index (χ0) is 22.1. The average Bonchev–Trinajstić information content (AvgIpc) is 2.78. The van der Waals surface area contributed by atoms with Crippen LogP contribution < -0.4 is 10.6 Å². The van der Waals surface area contributed by atoms with Gasteiger partial charge in [0.25, 0.3) is 5.69 Å². The first-order valence-corrected chi connectivity index (χ1v) is 9.52. The van der Waals surface area contributed by atoms with E-state index >= 15 is 0 Å². The fourth-order valence-electron chi connectivity index (χ4n) is 2.45. The first kappa shape index (κ1) is 21.5. The van der Waals surface area contributed by atoms with Gasteiger partial charge in [-0.25, -0.2) is 0 Å². The van der Waals surface area contributed by atoms with Crippen molar-refractivity contribution in [2.45, 2.75) is 0 Å². The zero-order valence-electron chi connectivity index (χ0n) is 16.1. The molecule has 31 heavy (non-hydrogen) atoms. The number of nitrogens with zero attached hydrogens (tertiary/aromatic N) is 3. The van der Waals surface area contributed by atoms with Crippen molar-refractivity contribution >= 4 is 52.1 Å². The second kappa shape index (κ2) is 10.5. The number of thiocarbonyl (C=S) groups is 1. The minimum absolute atomic E-state index is 0.0495. The van der Waals surface area contributed by atoms with Crippen LogP contribution in [0, 0.1) is 10.1 Å². The van der Waals surface area contributed by atoms with Gasteiger partial charge in [0.1, 0.15) is 0 Å². The molecule has 0 saturated carbocycles. The number of non-ortho nitro benzene ring substituents is 1. The number of hydrogen-bond donors (Lipinski definition) is 2. The summed E-state index contributed by atoms with van der Waals surface area (Å²) in [6.07, 6.45) is 2.72. The lowest BCUT2D eigenvalue weighted by molar-refractivity contribution is -0.384. The van der Waals surface area contributed by atoms with Crippen LogP contribution in [0.15, 0.2) is 95.2 Å². The van der Waals surface area contributed by atoms with Crippen molar-refractivity contribution in [3.63, 3.8) is 0 Å². The standard InChI is InChI=1S/C22H17N5O3S/c28-21(14-9-16-5-4-8-20(15-16)27(29)30)24-22(31)23-17-10-12-19(13-11-17)26-25-18-6-2-1-3-7-18/h1-15H,(H2,23,24,28,31)/b14-9+,26-25?. The monoisotopic (exact) mass is 431 g/mol. The van der Waals surface area contributed by atoms with Crippen molar-refractivity contribution in [1.82, 2.24) is 5.32 Å². The van der Waals surface area contributed by atoms with Gasteiger partial charge in [-0.2, -0.15) is 10.2 Å². The Labute approximate surface area is 183 Å². The van der Waals surface area contributed by atoms with Crippen LogP contribution in [0.1, 0.15) is 5.56 Å². The van der Waals surface area contributed by atoms with Crippen LogP contribution in [-0.4, -0.2) is 15.9 Å². The van der Waals surface area contributed by atoms with Gasteiger partial charge in [-0.3, -0.25) is 20.2 Å². The summed E-state index contributed by atoms with van der Waals surface area (Å²) in [5.74, 6) is -0.461. The Kier molecular flexibility index (Phi) is 7.28. The van der Waals surface area contributed by atoms with Crippen LogP contribution in [0.25, 0.3) is 6.08 Å². The average molecular weight is 431 g/mol. The van der Waals surface area contributed by atoms with E-state index in [1.807, 2.05) is 30.3 Å². The van der Waals surface area contributed by atoms with Gasteiger partial charge < -0.3 is 5.32 Å². The topological polar surface area (TPSA) is 109 Å². The minimum Gasteiger partial charge on any atom is -0.332 e. The smallest absolute Gasteiger partial charge is 0.270 e. The Morgan fingerprint density at radius 3 is 2.29 bits per heavy atom. The second-order valence-electron chi connectivity index (χ2n) is 6.21. The predicted molar refractivity (Wildman–Crippen MR) is 124 cm³/mol. The number of nitro groups is 1. The van der Waals surface area contributed by atoms with Gasteiger partial charge in [-0.1, -0.05) is 30.3 Å². The molecule has 0 heterocycles. The summed E-state index contributed by atoms with van der Waals surface area (Å²) in [6.45, 7) is 0. The summed E-state index contributed by atoms with van der Waals surface area (Å²) in [6, 6.07) is 22.4. The summed E-state index contributed by atoms with van der Waals surface area (Å²) < 4.78 is 0. The maximum absolute atomic E-state index is 12.0. The third-order valence-corrected chi connectivity index (χ3v) is 4.11. The molecule has 0 fully saturated rings. The number of nitro benzene ring substituents is 1. The van der Waals surface area contributed by atoms with E-state index in [1.54, 1.807) is 36.4 Å². The van der Waals surface area contributed by atoms with Crippen LogP contribution >= 0.6 is 12.2 Å². The third-order valence-electron chi connectivity index (χ3n) is 3.91. The minimum atomic E-state index is -0.495. The Hall–Kier alpha value is -4.24. The summed E-state index contributed by atoms with van der Waals surface area (Å²) in [5, 5.41) is 24.6. The molecule has 0 aliphatic rings. The maximum atomic E-state index is 12.0. The van der Waals surface area contributed by atoms with Crippen LogP contribution in [-0.2, 0) is 4.79 Å². The quantitative estimate of drug-likeness (QED) is 0.175. The highest BCUT2D eigenvalue weighted by Crippen LogP contribution is 2.20. The number of azo groups is 1. The van der Waals surface area contributed by atoms with E-state index in [2.05, 4.69) is 20.9 Å². The highest BCUT2D eigenvalue weighted by atomic mass is 32.1. The number of rotatable bonds is 6. The molecule has 0 unspecified atom stereocenters. The Bertz CT molecular complexity index is 1150. The van der Waals surface area contributed by atoms with Crippen molar-refractivity contribution in [2.24, 2.45) is 10.2 Å². The SMILES string of the molecule is O=C(/C=C/c1cccc([N+](=O)[O-])c1)NC(=S)Nc1ccc(N=Nc2ccccc2)cc1. The van der Waals surface area contributed by atoms with Crippen LogP contribution in [0.5, 0.6) is 0 Å². The molecule has 0 bridgehead atoms. The number of nitrogens with one attached hydrogen (secondary N) is 2. The van der Waals surface area contributed by atoms with E-state index < -0.39 is 10.8 Å². The van der Waals surface area contributed by atoms with Gasteiger partial charge in [0.2, 0.25) is 5.91 Å². The van der Waals surface area contributed by atoms with Crippen molar-refractivity contribution in [2.75, 3.05) is 5.32 Å². The number of carbonyl (C=O) groups is 1. The van der Waals surface area contributed by atoms with Crippen LogP contribution in [0.3, 0.4) is 0 Å². The number of hydrogen-bond acceptors (Lipinski definition) is 6. The van der Waals surface area contributed by atoms with E-state index in [1.165, 1.54) is 24.3 Å². The van der Waals surface area contributed by atoms with E-state index in [-0.39, 0.29) is 10.8 Å². The molecule has 3 aromatic rings. The number of carbonyl (C=O) groups excluding carboxylic acids is 1. The lowest BCUT2D eigenvalue weighted by atomic mass is 10.2. The van der Waals surface area contributed by atoms with E-state index in [0.717, 1.165) is 5.69 Å². The number of amides is 1. The van der Waals surface area contributed by atoms with Gasteiger partial charge in [-0.05, 0) is 60.3 Å². The van der Waals surface area contributed by atoms with Crippen LogP contribution in [0.4, 0.5) is 22.7 Å². The van der Waals surface area contributed by atoms with Gasteiger partial charge in [0, 0.05) is 23.9 Å². The Morgan fingerprint density at radius 2 is 1.61 bits per heavy atom. The molecule has 2 N–H and O–H groups in total. The highest BCUT2D eigenvalue weighted by Gasteiger charge is 2.05. The first-order valence-electron chi connectivity index (χ1n) is 9.11. The lowest BCUT2D eigenvalue weighted by Crippen LogP contribution is -2.32. The van der Waals surface area contributed by atoms with Crippen molar-refractivity contribution in [3.8, 4) is 0 Å². The number of anilines is 1. The molecule has 3 rings (SSSR count). The predicted octanol–water partition coefficient (Wildman–Crippen LogP) is 5.54. The molecule has 8 nitrogen and oxygen atoms in total. The van der Waals surface area contributed by atoms with E-state index in [4.69, 9.17) is 12.2 Å². The van der Waals surface area contributed by atoms with Crippen molar-refractivity contribution in [3.05, 3.63) is 101 Å². The van der Waals surface area contributed by atoms with Gasteiger partial charge in [0.15, 0.2) is 5.11 Å². The molecule has 0 spiro atoms. The molecular weight excluding hydrogens is 414 g/mol. The molecule has 0 saturated heterocycles. The fourth-order valence-corrected chi connectivity index (χ4v) is 2.67. The molecule has 0 aliphatic carbocycles. The van der Waals surface area contributed by atoms with Gasteiger partial charge in [0.05, 0.1) is 16.3 Å². The molecular formula is C22H17N5O3S. The second-order valence-corrected chi connectivity index (χ2v) is 6.62. The summed E-state index contributed by atoms with van der Waals surface area (Å²) in [7, 11) is 0. The molecule has 0 atom stereocenters. The fraction of sp³-hybridized carbons (Fsp3) is 0. The highest BCUT2D eigenvalue weighted by molar-refractivity contribution is 7.80. The molecule has 1 amide bonds. The Balaban J connectivity index is 1.52. The molecule has 0 aromatic heterocycles. The summed E-state index contributed by atoms with van der Waals surface area (Å²) in [5.41, 5.74) is 2.58. The van der Waals surface area contributed by atoms with Crippen molar-refractivity contribution in [1.29, 1.82) is 0 Å². The maximum Gasteiger partial charge on any atom is 0.270 e. The summed E-state index contributed by atoms with van der Waals surface area (Å²) >= 11 is 5.14. The Morgan fingerprint density at radius 1 is 0.935 bits per heavy atom. The number of benzene rings is 3. The molecule has 0 radical (unpaired) electrons. The third kappa shape index (κ3) is 6.94. The molecule has 9 heteroatoms. The van der Waals surface area contributed by atoms with Crippen LogP contribution in [0.2, 0.25) is 0 Å². The molecule has 0 aliphatic heterocycles. The van der Waals surface area contributed by atoms with Crippen molar-refractivity contribution < 1.29 is 9.72 Å². The largest absolute Gasteiger partial charge is 0.332 e. The van der Waals surface area contributed by atoms with Gasteiger partial charge in [-0.15, -0.1) is 0 Å².